The van der Waals surface area contributed by atoms with Crippen LogP contribution >= 0.6 is 0 Å². The standard InChI is InChI=1S/C14H19N3O2/c1-10-4-3-5-12(6-10)8-15-14(19)9-17-11(2)7-13(18)16-17/h3-6,11H,7-9H2,1-2H3,(H,15,19)(H,16,18)/t11-/m1/s1. The van der Waals surface area contributed by atoms with Gasteiger partial charge in [0.15, 0.2) is 0 Å². The fraction of sp³-hybridized carbons (Fsp3) is 0.429. The van der Waals surface area contributed by atoms with Crippen LogP contribution in [0.4, 0.5) is 0 Å². The van der Waals surface area contributed by atoms with E-state index in [1.807, 2.05) is 38.1 Å². The van der Waals surface area contributed by atoms with Crippen molar-refractivity contribution in [3.8, 4) is 0 Å². The van der Waals surface area contributed by atoms with E-state index < -0.39 is 0 Å². The Kier molecular flexibility index (Phi) is 4.16. The van der Waals surface area contributed by atoms with Crippen molar-refractivity contribution < 1.29 is 9.59 Å². The van der Waals surface area contributed by atoms with Gasteiger partial charge >= 0.3 is 0 Å². The van der Waals surface area contributed by atoms with Gasteiger partial charge in [0.1, 0.15) is 0 Å². The van der Waals surface area contributed by atoms with Gasteiger partial charge in [-0.3, -0.25) is 15.0 Å². The molecule has 0 unspecified atom stereocenters. The zero-order valence-corrected chi connectivity index (χ0v) is 11.3. The minimum Gasteiger partial charge on any atom is -0.351 e. The highest BCUT2D eigenvalue weighted by molar-refractivity contribution is 5.81. The molecule has 1 aromatic rings. The monoisotopic (exact) mass is 261 g/mol. The van der Waals surface area contributed by atoms with Gasteiger partial charge < -0.3 is 5.32 Å². The van der Waals surface area contributed by atoms with Crippen molar-refractivity contribution in [2.24, 2.45) is 0 Å². The third kappa shape index (κ3) is 3.79. The van der Waals surface area contributed by atoms with E-state index in [1.54, 1.807) is 5.01 Å². The molecule has 102 valence electrons. The van der Waals surface area contributed by atoms with E-state index >= 15 is 0 Å². The fourth-order valence-corrected chi connectivity index (χ4v) is 2.12. The minimum atomic E-state index is -0.0874. The summed E-state index contributed by atoms with van der Waals surface area (Å²) in [6.07, 6.45) is 0.450. The number of nitrogens with zero attached hydrogens (tertiary/aromatic N) is 1. The Bertz CT molecular complexity index is 487. The lowest BCUT2D eigenvalue weighted by Crippen LogP contribution is -2.44. The Balaban J connectivity index is 1.80. The third-order valence-electron chi connectivity index (χ3n) is 3.17. The minimum absolute atomic E-state index is 0.0287. The largest absolute Gasteiger partial charge is 0.351 e. The molecule has 2 amide bonds. The van der Waals surface area contributed by atoms with Crippen LogP contribution in [0.15, 0.2) is 24.3 Å². The molecule has 2 rings (SSSR count). The topological polar surface area (TPSA) is 61.4 Å². The van der Waals surface area contributed by atoms with Crippen LogP contribution in [0.25, 0.3) is 0 Å². The summed E-state index contributed by atoms with van der Waals surface area (Å²) < 4.78 is 0. The van der Waals surface area contributed by atoms with Crippen molar-refractivity contribution in [1.82, 2.24) is 15.8 Å². The average molecular weight is 261 g/mol. The molecule has 19 heavy (non-hydrogen) atoms. The lowest BCUT2D eigenvalue weighted by molar-refractivity contribution is -0.124. The van der Waals surface area contributed by atoms with E-state index in [0.29, 0.717) is 13.0 Å². The number of rotatable bonds is 4. The first-order chi connectivity index (χ1) is 9.04. The molecular weight excluding hydrogens is 242 g/mol. The van der Waals surface area contributed by atoms with Crippen LogP contribution in [-0.4, -0.2) is 29.4 Å². The van der Waals surface area contributed by atoms with E-state index in [0.717, 1.165) is 5.56 Å². The molecule has 2 N–H and O–H groups in total. The third-order valence-corrected chi connectivity index (χ3v) is 3.17. The number of benzene rings is 1. The van der Waals surface area contributed by atoms with Gasteiger partial charge in [0, 0.05) is 19.0 Å². The summed E-state index contributed by atoms with van der Waals surface area (Å²) in [6, 6.07) is 8.08. The Labute approximate surface area is 112 Å². The van der Waals surface area contributed by atoms with Crippen molar-refractivity contribution in [2.45, 2.75) is 32.9 Å². The van der Waals surface area contributed by atoms with Gasteiger partial charge in [-0.15, -0.1) is 0 Å². The number of amides is 2. The van der Waals surface area contributed by atoms with E-state index in [2.05, 4.69) is 10.7 Å². The van der Waals surface area contributed by atoms with Crippen LogP contribution in [0, 0.1) is 6.92 Å². The maximum absolute atomic E-state index is 11.8. The highest BCUT2D eigenvalue weighted by atomic mass is 16.2. The summed E-state index contributed by atoms with van der Waals surface area (Å²) in [6.45, 7) is 4.65. The van der Waals surface area contributed by atoms with Crippen LogP contribution in [0.3, 0.4) is 0 Å². The zero-order valence-electron chi connectivity index (χ0n) is 11.3. The van der Waals surface area contributed by atoms with Crippen molar-refractivity contribution in [1.29, 1.82) is 0 Å². The highest BCUT2D eigenvalue weighted by Crippen LogP contribution is 2.08. The molecule has 1 heterocycles. The molecule has 1 aliphatic heterocycles. The molecule has 0 spiro atoms. The predicted molar refractivity (Wildman–Crippen MR) is 72.0 cm³/mol. The Hall–Kier alpha value is -1.88. The molecule has 5 heteroatoms. The molecule has 0 saturated carbocycles. The summed E-state index contributed by atoms with van der Waals surface area (Å²) in [4.78, 5) is 23.0. The summed E-state index contributed by atoms with van der Waals surface area (Å²) >= 11 is 0. The summed E-state index contributed by atoms with van der Waals surface area (Å²) in [7, 11) is 0. The molecule has 1 saturated heterocycles. The van der Waals surface area contributed by atoms with Gasteiger partial charge in [-0.05, 0) is 19.4 Å². The number of hydrazine groups is 1. The molecule has 0 aliphatic carbocycles. The van der Waals surface area contributed by atoms with Crippen LogP contribution in [-0.2, 0) is 16.1 Å². The molecule has 0 bridgehead atoms. The normalized spacial score (nSPS) is 19.3. The molecule has 0 radical (unpaired) electrons. The number of nitrogens with one attached hydrogen (secondary N) is 2. The zero-order chi connectivity index (χ0) is 13.8. The SMILES string of the molecule is Cc1cccc(CNC(=O)CN2NC(=O)C[C@H]2C)c1. The molecule has 1 aromatic carbocycles. The summed E-state index contributed by atoms with van der Waals surface area (Å²) in [5.41, 5.74) is 4.92. The molecule has 1 atom stereocenters. The van der Waals surface area contributed by atoms with Gasteiger partial charge in [-0.25, -0.2) is 5.01 Å². The van der Waals surface area contributed by atoms with Crippen molar-refractivity contribution >= 4 is 11.8 Å². The van der Waals surface area contributed by atoms with E-state index in [-0.39, 0.29) is 24.4 Å². The van der Waals surface area contributed by atoms with Crippen molar-refractivity contribution in [3.63, 3.8) is 0 Å². The lowest BCUT2D eigenvalue weighted by atomic mass is 10.1. The second-order valence-corrected chi connectivity index (χ2v) is 4.98. The summed E-state index contributed by atoms with van der Waals surface area (Å²) in [5, 5.41) is 4.53. The van der Waals surface area contributed by atoms with Crippen molar-refractivity contribution in [3.05, 3.63) is 35.4 Å². The first-order valence-corrected chi connectivity index (χ1v) is 6.43. The van der Waals surface area contributed by atoms with Gasteiger partial charge in [0.25, 0.3) is 0 Å². The van der Waals surface area contributed by atoms with E-state index in [9.17, 15) is 9.59 Å². The molecule has 1 aliphatic rings. The van der Waals surface area contributed by atoms with Crippen LogP contribution < -0.4 is 10.7 Å². The van der Waals surface area contributed by atoms with Gasteiger partial charge in [-0.1, -0.05) is 29.8 Å². The van der Waals surface area contributed by atoms with Gasteiger partial charge in [-0.2, -0.15) is 0 Å². The van der Waals surface area contributed by atoms with Crippen LogP contribution in [0.5, 0.6) is 0 Å². The molecule has 1 fully saturated rings. The second-order valence-electron chi connectivity index (χ2n) is 4.98. The Morgan fingerprint density at radius 1 is 1.53 bits per heavy atom. The first-order valence-electron chi connectivity index (χ1n) is 6.43. The summed E-state index contributed by atoms with van der Waals surface area (Å²) in [5.74, 6) is -0.116. The van der Waals surface area contributed by atoms with Gasteiger partial charge in [0.05, 0.1) is 6.54 Å². The molecule has 0 aromatic heterocycles. The molecular formula is C14H19N3O2. The highest BCUT2D eigenvalue weighted by Gasteiger charge is 2.27. The second kappa shape index (κ2) is 5.84. The fourth-order valence-electron chi connectivity index (χ4n) is 2.12. The Morgan fingerprint density at radius 2 is 2.32 bits per heavy atom. The maximum atomic E-state index is 11.8. The number of aryl methyl sites for hydroxylation is 1. The van der Waals surface area contributed by atoms with E-state index in [1.165, 1.54) is 5.56 Å². The predicted octanol–water partition coefficient (Wildman–Crippen LogP) is 0.737. The number of carbonyl (C=O) groups is 2. The quantitative estimate of drug-likeness (QED) is 0.840. The van der Waals surface area contributed by atoms with E-state index in [4.69, 9.17) is 0 Å². The van der Waals surface area contributed by atoms with Crippen LogP contribution in [0.1, 0.15) is 24.5 Å². The smallest absolute Gasteiger partial charge is 0.236 e. The molecule has 5 nitrogen and oxygen atoms in total. The number of hydrogen-bond acceptors (Lipinski definition) is 3. The van der Waals surface area contributed by atoms with Crippen molar-refractivity contribution in [2.75, 3.05) is 6.54 Å². The van der Waals surface area contributed by atoms with Crippen LogP contribution in [0.2, 0.25) is 0 Å². The van der Waals surface area contributed by atoms with Gasteiger partial charge in [0.2, 0.25) is 11.8 Å². The maximum Gasteiger partial charge on any atom is 0.236 e. The number of carbonyl (C=O) groups excluding carboxylic acids is 2. The Morgan fingerprint density at radius 3 is 2.95 bits per heavy atom. The number of hydrogen-bond donors (Lipinski definition) is 2. The lowest BCUT2D eigenvalue weighted by Gasteiger charge is -2.19. The average Bonchev–Trinajstić information content (AvgIpc) is 2.65. The first kappa shape index (κ1) is 13.5.